The number of benzene rings is 1. The van der Waals surface area contributed by atoms with E-state index in [-0.39, 0.29) is 0 Å². The average molecular weight is 276 g/mol. The smallest absolute Gasteiger partial charge is 0.0713 e. The minimum Gasteiger partial charge on any atom is -0.380 e. The van der Waals surface area contributed by atoms with E-state index in [1.807, 2.05) is 0 Å². The molecule has 0 amide bonds. The second-order valence-corrected chi connectivity index (χ2v) is 5.85. The molecule has 1 aromatic rings. The normalized spacial score (nSPS) is 26.8. The molecule has 3 atom stereocenters. The Morgan fingerprint density at radius 3 is 2.85 bits per heavy atom. The standard InChI is InChI=1S/C17H28N2O/c1-5-18-17-9-10-19(14(3)13(17)2)16-8-6-7-15(11-16)12-20-4/h6-8,11,13-14,17-18H,5,9-10,12H2,1-4H3. The van der Waals surface area contributed by atoms with Gasteiger partial charge in [0.05, 0.1) is 6.61 Å². The molecule has 0 aliphatic carbocycles. The highest BCUT2D eigenvalue weighted by atomic mass is 16.5. The van der Waals surface area contributed by atoms with Crippen molar-refractivity contribution in [2.45, 2.75) is 45.9 Å². The molecule has 0 aromatic heterocycles. The zero-order valence-electron chi connectivity index (χ0n) is 13.2. The Bertz CT molecular complexity index is 421. The summed E-state index contributed by atoms with van der Waals surface area (Å²) in [7, 11) is 1.75. The molecule has 2 rings (SSSR count). The lowest BCUT2D eigenvalue weighted by Gasteiger charge is -2.44. The third-order valence-corrected chi connectivity index (χ3v) is 4.59. The minimum absolute atomic E-state index is 0.561. The second kappa shape index (κ2) is 7.09. The van der Waals surface area contributed by atoms with E-state index in [2.05, 4.69) is 55.3 Å². The van der Waals surface area contributed by atoms with Crippen LogP contribution in [0.15, 0.2) is 24.3 Å². The number of hydrogen-bond acceptors (Lipinski definition) is 3. The Kier molecular flexibility index (Phi) is 5.44. The van der Waals surface area contributed by atoms with Crippen LogP contribution in [0.5, 0.6) is 0 Å². The molecule has 1 aliphatic heterocycles. The number of nitrogens with one attached hydrogen (secondary N) is 1. The summed E-state index contributed by atoms with van der Waals surface area (Å²) >= 11 is 0. The largest absolute Gasteiger partial charge is 0.380 e. The molecular formula is C17H28N2O. The van der Waals surface area contributed by atoms with Crippen LogP contribution >= 0.6 is 0 Å². The van der Waals surface area contributed by atoms with Crippen molar-refractivity contribution >= 4 is 5.69 Å². The number of methoxy groups -OCH3 is 1. The predicted molar refractivity (Wildman–Crippen MR) is 85.2 cm³/mol. The molecular weight excluding hydrogens is 248 g/mol. The van der Waals surface area contributed by atoms with Gasteiger partial charge >= 0.3 is 0 Å². The first kappa shape index (κ1) is 15.3. The molecule has 3 unspecified atom stereocenters. The summed E-state index contributed by atoms with van der Waals surface area (Å²) in [4.78, 5) is 2.54. The number of anilines is 1. The maximum atomic E-state index is 5.24. The van der Waals surface area contributed by atoms with Gasteiger partial charge in [-0.2, -0.15) is 0 Å². The topological polar surface area (TPSA) is 24.5 Å². The van der Waals surface area contributed by atoms with Gasteiger partial charge in [-0.15, -0.1) is 0 Å². The molecule has 1 aliphatic rings. The van der Waals surface area contributed by atoms with Crippen LogP contribution in [0.3, 0.4) is 0 Å². The Morgan fingerprint density at radius 2 is 2.15 bits per heavy atom. The van der Waals surface area contributed by atoms with Gasteiger partial charge in [-0.3, -0.25) is 0 Å². The minimum atomic E-state index is 0.561. The quantitative estimate of drug-likeness (QED) is 0.894. The molecule has 0 saturated carbocycles. The van der Waals surface area contributed by atoms with Gasteiger partial charge in [-0.05, 0) is 43.5 Å². The summed E-state index contributed by atoms with van der Waals surface area (Å²) in [6, 6.07) is 9.96. The fourth-order valence-corrected chi connectivity index (χ4v) is 3.27. The summed E-state index contributed by atoms with van der Waals surface area (Å²) in [6.07, 6.45) is 1.22. The number of nitrogens with zero attached hydrogens (tertiary/aromatic N) is 1. The molecule has 3 nitrogen and oxygen atoms in total. The fraction of sp³-hybridized carbons (Fsp3) is 0.647. The third-order valence-electron chi connectivity index (χ3n) is 4.59. The third kappa shape index (κ3) is 3.33. The maximum absolute atomic E-state index is 5.24. The molecule has 0 bridgehead atoms. The van der Waals surface area contributed by atoms with Gasteiger partial charge in [0.15, 0.2) is 0 Å². The van der Waals surface area contributed by atoms with E-state index < -0.39 is 0 Å². The molecule has 112 valence electrons. The number of ether oxygens (including phenoxy) is 1. The van der Waals surface area contributed by atoms with E-state index >= 15 is 0 Å². The van der Waals surface area contributed by atoms with Gasteiger partial charge in [0.25, 0.3) is 0 Å². The van der Waals surface area contributed by atoms with Crippen LogP contribution in [0.25, 0.3) is 0 Å². The second-order valence-electron chi connectivity index (χ2n) is 5.85. The Balaban J connectivity index is 2.11. The van der Waals surface area contributed by atoms with Crippen LogP contribution in [0.1, 0.15) is 32.8 Å². The number of hydrogen-bond donors (Lipinski definition) is 1. The molecule has 0 radical (unpaired) electrons. The van der Waals surface area contributed by atoms with E-state index in [0.717, 1.165) is 13.1 Å². The summed E-state index contributed by atoms with van der Waals surface area (Å²) in [5.41, 5.74) is 2.58. The van der Waals surface area contributed by atoms with Crippen molar-refractivity contribution in [2.75, 3.05) is 25.1 Å². The van der Waals surface area contributed by atoms with Crippen molar-refractivity contribution in [1.29, 1.82) is 0 Å². The molecule has 0 spiro atoms. The van der Waals surface area contributed by atoms with Crippen LogP contribution in [-0.4, -0.2) is 32.3 Å². The lowest BCUT2D eigenvalue weighted by molar-refractivity contribution is 0.185. The van der Waals surface area contributed by atoms with Crippen molar-refractivity contribution in [2.24, 2.45) is 5.92 Å². The highest BCUT2D eigenvalue weighted by Crippen LogP contribution is 2.29. The van der Waals surface area contributed by atoms with Gasteiger partial charge in [0, 0.05) is 31.4 Å². The highest BCUT2D eigenvalue weighted by Gasteiger charge is 2.31. The van der Waals surface area contributed by atoms with Gasteiger partial charge in [-0.1, -0.05) is 26.0 Å². The summed E-state index contributed by atoms with van der Waals surface area (Å²) in [6.45, 7) is 9.77. The SMILES string of the molecule is CCNC1CCN(c2cccc(COC)c2)C(C)C1C. The van der Waals surface area contributed by atoms with Crippen molar-refractivity contribution in [3.8, 4) is 0 Å². The van der Waals surface area contributed by atoms with Crippen molar-refractivity contribution in [3.05, 3.63) is 29.8 Å². The first-order valence-corrected chi connectivity index (χ1v) is 7.75. The molecule has 1 saturated heterocycles. The monoisotopic (exact) mass is 276 g/mol. The van der Waals surface area contributed by atoms with Gasteiger partial charge in [0.2, 0.25) is 0 Å². The highest BCUT2D eigenvalue weighted by molar-refractivity contribution is 5.50. The summed E-state index contributed by atoms with van der Waals surface area (Å²) in [5, 5.41) is 3.62. The van der Waals surface area contributed by atoms with E-state index in [4.69, 9.17) is 4.74 Å². The lowest BCUT2D eigenvalue weighted by Crippen LogP contribution is -2.53. The Labute approximate surface area is 123 Å². The average Bonchev–Trinajstić information content (AvgIpc) is 2.45. The Morgan fingerprint density at radius 1 is 1.35 bits per heavy atom. The predicted octanol–water partition coefficient (Wildman–Crippen LogP) is 3.05. The van der Waals surface area contributed by atoms with Crippen LogP contribution in [0.4, 0.5) is 5.69 Å². The van der Waals surface area contributed by atoms with Crippen LogP contribution in [-0.2, 0) is 11.3 Å². The summed E-state index contributed by atoms with van der Waals surface area (Å²) < 4.78 is 5.24. The fourth-order valence-electron chi connectivity index (χ4n) is 3.27. The zero-order valence-corrected chi connectivity index (χ0v) is 13.2. The number of rotatable bonds is 5. The zero-order chi connectivity index (χ0) is 14.5. The van der Waals surface area contributed by atoms with Crippen molar-refractivity contribution in [1.82, 2.24) is 5.32 Å². The van der Waals surface area contributed by atoms with E-state index in [1.54, 1.807) is 7.11 Å². The lowest BCUT2D eigenvalue weighted by atomic mass is 9.86. The van der Waals surface area contributed by atoms with E-state index in [9.17, 15) is 0 Å². The van der Waals surface area contributed by atoms with Gasteiger partial charge in [0.1, 0.15) is 0 Å². The first-order valence-electron chi connectivity index (χ1n) is 7.75. The Hall–Kier alpha value is -1.06. The van der Waals surface area contributed by atoms with E-state index in [0.29, 0.717) is 24.6 Å². The van der Waals surface area contributed by atoms with Gasteiger partial charge in [-0.25, -0.2) is 0 Å². The van der Waals surface area contributed by atoms with Crippen LogP contribution < -0.4 is 10.2 Å². The molecule has 20 heavy (non-hydrogen) atoms. The van der Waals surface area contributed by atoms with Crippen molar-refractivity contribution < 1.29 is 4.74 Å². The number of piperidine rings is 1. The van der Waals surface area contributed by atoms with Crippen LogP contribution in [0, 0.1) is 5.92 Å². The molecule has 1 aromatic carbocycles. The van der Waals surface area contributed by atoms with Crippen molar-refractivity contribution in [3.63, 3.8) is 0 Å². The van der Waals surface area contributed by atoms with Crippen LogP contribution in [0.2, 0.25) is 0 Å². The maximum Gasteiger partial charge on any atom is 0.0713 e. The molecule has 1 fully saturated rings. The van der Waals surface area contributed by atoms with E-state index in [1.165, 1.54) is 17.7 Å². The molecule has 3 heteroatoms. The molecule has 1 N–H and O–H groups in total. The molecule has 1 heterocycles. The van der Waals surface area contributed by atoms with Gasteiger partial charge < -0.3 is 15.0 Å². The summed E-state index contributed by atoms with van der Waals surface area (Å²) in [5.74, 6) is 0.662. The first-order chi connectivity index (χ1) is 9.67.